The molecule has 15 heteroatoms. The van der Waals surface area contributed by atoms with Crippen LogP contribution in [0.1, 0.15) is 51.3 Å². The Morgan fingerprint density at radius 1 is 0.865 bits per heavy atom. The van der Waals surface area contributed by atoms with Gasteiger partial charge in [0.1, 0.15) is 21.1 Å². The maximum Gasteiger partial charge on any atom is 0.248 e. The number of hydrogen-bond donors (Lipinski definition) is 2. The second kappa shape index (κ2) is 15.4. The predicted octanol–water partition coefficient (Wildman–Crippen LogP) is 2.42. The van der Waals surface area contributed by atoms with Gasteiger partial charge in [0.25, 0.3) is 0 Å². The van der Waals surface area contributed by atoms with Gasteiger partial charge >= 0.3 is 0 Å². The van der Waals surface area contributed by atoms with E-state index >= 15 is 0 Å². The summed E-state index contributed by atoms with van der Waals surface area (Å²) in [7, 11) is 38.5. The topological polar surface area (TPSA) is 111 Å². The second-order valence-electron chi connectivity index (χ2n) is 12.5. The molecule has 1 saturated heterocycles. The van der Waals surface area contributed by atoms with Gasteiger partial charge in [0, 0.05) is 34.2 Å². The third kappa shape index (κ3) is 8.79. The summed E-state index contributed by atoms with van der Waals surface area (Å²) in [5.74, 6) is 4.91. The summed E-state index contributed by atoms with van der Waals surface area (Å²) in [6, 6.07) is 27.8. The molecule has 0 aromatic heterocycles. The molecule has 0 spiro atoms. The number of nitrogens with two attached hydrogens (primary N) is 1. The Morgan fingerprint density at radius 3 is 2.13 bits per heavy atom. The fourth-order valence-electron chi connectivity index (χ4n) is 5.42. The van der Waals surface area contributed by atoms with Crippen LogP contribution in [0.4, 0.5) is 5.69 Å². The summed E-state index contributed by atoms with van der Waals surface area (Å²) in [6.45, 7) is 1.45. The van der Waals surface area contributed by atoms with Crippen molar-refractivity contribution < 1.29 is 23.9 Å². The van der Waals surface area contributed by atoms with Gasteiger partial charge in [0.05, 0.1) is 43.7 Å². The molecule has 1 aliphatic heterocycles. The zero-order valence-electron chi connectivity index (χ0n) is 28.5. The summed E-state index contributed by atoms with van der Waals surface area (Å²) >= 11 is 1.24. The number of methoxy groups -OCH3 is 1. The number of carbonyl (C=O) groups excluding carboxylic acids is 3. The van der Waals surface area contributed by atoms with Crippen molar-refractivity contribution in [2.45, 2.75) is 39.9 Å². The first-order valence-corrected chi connectivity index (χ1v) is 16.9. The minimum atomic E-state index is -2.22. The van der Waals surface area contributed by atoms with Crippen molar-refractivity contribution in [3.05, 3.63) is 125 Å². The standard InChI is InChI=1S/C37H29B6N3O5S/c1-35(38,39)51-28-18-17-26(20-29(28)50-2)36(40,41)37(42,43)45-31(47)21-30-33(49)46(27-10-6-9-25(19-27)32(44)48)34(52-30)24-15-13-23(14-16-24)12-11-22-7-4-3-5-8-22/h3-10,13-20,30,34H,21H2,1-2H3,(H2,44,48)(H,45,47)/t30-,34+/m1/s1. The Hall–Kier alpha value is -4.81. The van der Waals surface area contributed by atoms with E-state index in [4.69, 9.17) is 62.3 Å². The number of nitrogens with one attached hydrogen (secondary N) is 1. The Balaban J connectivity index is 1.38. The lowest BCUT2D eigenvalue weighted by molar-refractivity contribution is -0.125. The maximum atomic E-state index is 14.0. The van der Waals surface area contributed by atoms with Crippen LogP contribution in [-0.4, -0.2) is 87.9 Å². The molecule has 1 aliphatic rings. The number of amides is 3. The molecule has 1 heterocycles. The molecule has 4 aromatic carbocycles. The monoisotopic (exact) mass is 693 g/mol. The SMILES string of the molecule is [B]C([B])(C)Oc1ccc(C([B])([B])C([B])([B])NC(=O)C[C@H]2S[C@@H](c3ccc(C#Cc4ccccc4)cc3)N(c3cccc(C(N)=O)c3)C2=O)cc1OC. The van der Waals surface area contributed by atoms with E-state index in [9.17, 15) is 14.4 Å². The van der Waals surface area contributed by atoms with Crippen molar-refractivity contribution in [1.29, 1.82) is 0 Å². The Kier molecular flexibility index (Phi) is 11.4. The molecule has 0 saturated carbocycles. The lowest BCUT2D eigenvalue weighted by Gasteiger charge is -2.45. The molecule has 12 radical (unpaired) electrons. The highest BCUT2D eigenvalue weighted by Gasteiger charge is 2.44. The minimum absolute atomic E-state index is 0.179. The molecule has 5 rings (SSSR count). The largest absolute Gasteiger partial charge is 0.503 e. The molecular formula is C37H29B6N3O5S. The molecule has 4 aromatic rings. The van der Waals surface area contributed by atoms with Gasteiger partial charge in [-0.05, 0) is 72.4 Å². The first-order valence-electron chi connectivity index (χ1n) is 16.0. The number of hydrogen-bond acceptors (Lipinski definition) is 6. The van der Waals surface area contributed by atoms with Crippen LogP contribution in [0.15, 0.2) is 97.1 Å². The van der Waals surface area contributed by atoms with Gasteiger partial charge in [-0.1, -0.05) is 65.1 Å². The van der Waals surface area contributed by atoms with Crippen molar-refractivity contribution in [3.63, 3.8) is 0 Å². The van der Waals surface area contributed by atoms with E-state index in [0.717, 1.165) is 16.7 Å². The number of ether oxygens (including phenoxy) is 2. The van der Waals surface area contributed by atoms with Crippen LogP contribution >= 0.6 is 11.8 Å². The van der Waals surface area contributed by atoms with Gasteiger partial charge in [-0.25, -0.2) is 0 Å². The fraction of sp³-hybridized carbons (Fsp3) is 0.216. The van der Waals surface area contributed by atoms with Crippen molar-refractivity contribution in [2.24, 2.45) is 5.73 Å². The molecule has 0 unspecified atom stereocenters. The molecular weight excluding hydrogens is 663 g/mol. The van der Waals surface area contributed by atoms with Crippen molar-refractivity contribution in [1.82, 2.24) is 5.32 Å². The molecule has 3 N–H and O–H groups in total. The van der Waals surface area contributed by atoms with Crippen LogP contribution in [0.3, 0.4) is 0 Å². The number of thioether (sulfide) groups is 1. The highest BCUT2D eigenvalue weighted by Crippen LogP contribution is 2.47. The summed E-state index contributed by atoms with van der Waals surface area (Å²) in [5, 5.41) is -4.75. The van der Waals surface area contributed by atoms with Crippen molar-refractivity contribution in [3.8, 4) is 23.3 Å². The summed E-state index contributed by atoms with van der Waals surface area (Å²) in [6.07, 6.45) is -0.333. The van der Waals surface area contributed by atoms with Gasteiger partial charge in [-0.2, -0.15) is 0 Å². The third-order valence-corrected chi connectivity index (χ3v) is 9.58. The van der Waals surface area contributed by atoms with Gasteiger partial charge in [-0.3, -0.25) is 19.3 Å². The smallest absolute Gasteiger partial charge is 0.248 e. The maximum absolute atomic E-state index is 14.0. The molecule has 0 bridgehead atoms. The molecule has 8 nitrogen and oxygen atoms in total. The fourth-order valence-corrected chi connectivity index (χ4v) is 6.87. The van der Waals surface area contributed by atoms with E-state index in [-0.39, 0.29) is 29.0 Å². The Bertz CT molecular complexity index is 2030. The zero-order chi connectivity index (χ0) is 37.8. The van der Waals surface area contributed by atoms with Crippen LogP contribution in [-0.2, 0) is 14.8 Å². The molecule has 1 fully saturated rings. The van der Waals surface area contributed by atoms with Crippen LogP contribution in [0.5, 0.6) is 11.5 Å². The van der Waals surface area contributed by atoms with Gasteiger partial charge in [-0.15, -0.1) is 11.8 Å². The molecule has 0 aliphatic carbocycles. The summed E-state index contributed by atoms with van der Waals surface area (Å²) in [4.78, 5) is 41.1. The van der Waals surface area contributed by atoms with E-state index in [2.05, 4.69) is 17.2 Å². The van der Waals surface area contributed by atoms with Gasteiger partial charge in [0.2, 0.25) is 17.7 Å². The first-order chi connectivity index (χ1) is 24.5. The van der Waals surface area contributed by atoms with E-state index in [1.54, 1.807) is 18.2 Å². The van der Waals surface area contributed by atoms with Gasteiger partial charge in [0.15, 0.2) is 11.5 Å². The number of carbonyl (C=O) groups is 3. The van der Waals surface area contributed by atoms with Crippen LogP contribution in [0, 0.1) is 11.8 Å². The molecule has 3 amide bonds. The molecule has 52 heavy (non-hydrogen) atoms. The van der Waals surface area contributed by atoms with Crippen LogP contribution in [0.2, 0.25) is 0 Å². The predicted molar refractivity (Wildman–Crippen MR) is 209 cm³/mol. The lowest BCUT2D eigenvalue weighted by atomic mass is 9.32. The van der Waals surface area contributed by atoms with E-state index in [1.807, 2.05) is 54.6 Å². The molecule has 246 valence electrons. The summed E-state index contributed by atoms with van der Waals surface area (Å²) in [5.41, 5.74) is 8.78. The number of anilines is 1. The van der Waals surface area contributed by atoms with Crippen molar-refractivity contribution in [2.75, 3.05) is 12.0 Å². The van der Waals surface area contributed by atoms with Gasteiger partial charge < -0.3 is 20.5 Å². The number of primary amides is 1. The molecule has 2 atom stereocenters. The quantitative estimate of drug-likeness (QED) is 0.185. The van der Waals surface area contributed by atoms with E-state index in [0.29, 0.717) is 5.69 Å². The number of rotatable bonds is 11. The first kappa shape index (κ1) is 38.4. The van der Waals surface area contributed by atoms with Crippen LogP contribution < -0.4 is 25.4 Å². The zero-order valence-corrected chi connectivity index (χ0v) is 29.4. The van der Waals surface area contributed by atoms with Crippen LogP contribution in [0.25, 0.3) is 0 Å². The average molecular weight is 693 g/mol. The van der Waals surface area contributed by atoms with E-state index < -0.39 is 44.3 Å². The van der Waals surface area contributed by atoms with E-state index in [1.165, 1.54) is 55.0 Å². The summed E-state index contributed by atoms with van der Waals surface area (Å²) < 4.78 is 10.9. The number of benzene rings is 4. The minimum Gasteiger partial charge on any atom is -0.503 e. The normalized spacial score (nSPS) is 16.0. The third-order valence-electron chi connectivity index (χ3n) is 8.14. The highest BCUT2D eigenvalue weighted by atomic mass is 32.2. The van der Waals surface area contributed by atoms with Crippen molar-refractivity contribution >= 4 is 82.2 Å². The lowest BCUT2D eigenvalue weighted by Crippen LogP contribution is -2.65. The Labute approximate surface area is 316 Å². The average Bonchev–Trinajstić information content (AvgIpc) is 3.42. The highest BCUT2D eigenvalue weighted by molar-refractivity contribution is 8.01. The Morgan fingerprint density at radius 2 is 1.52 bits per heavy atom. The second-order valence-corrected chi connectivity index (χ2v) is 13.8. The number of nitrogens with zero attached hydrogens (tertiary/aromatic N) is 1.